The van der Waals surface area contributed by atoms with Gasteiger partial charge in [-0.15, -0.1) is 0 Å². The molecule has 0 N–H and O–H groups in total. The molecule has 4 rings (SSSR count). The van der Waals surface area contributed by atoms with Crippen molar-refractivity contribution >= 4 is 33.9 Å². The molecular formula is C15H13IN4. The number of rotatable bonds is 0. The molecule has 0 aliphatic heterocycles. The minimum atomic E-state index is 1.01. The summed E-state index contributed by atoms with van der Waals surface area (Å²) in [6, 6.07) is 12.0. The van der Waals surface area contributed by atoms with E-state index in [0.717, 1.165) is 15.0 Å². The molecule has 0 aliphatic carbocycles. The number of hydrogen-bond acceptors (Lipinski definition) is 2. The predicted molar refractivity (Wildman–Crippen MR) is 87.8 cm³/mol. The maximum atomic E-state index is 4.18. The topological polar surface area (TPSA) is 34.6 Å². The lowest BCUT2D eigenvalue weighted by Crippen LogP contribution is -1.83. The van der Waals surface area contributed by atoms with E-state index in [0.29, 0.717) is 0 Å². The van der Waals surface area contributed by atoms with Crippen molar-refractivity contribution in [3.05, 3.63) is 70.6 Å². The summed E-state index contributed by atoms with van der Waals surface area (Å²) in [4.78, 5) is 8.35. The first-order chi connectivity index (χ1) is 9.75. The van der Waals surface area contributed by atoms with Crippen LogP contribution >= 0.6 is 22.6 Å². The molecule has 0 aliphatic rings. The summed E-state index contributed by atoms with van der Waals surface area (Å²) in [5, 5.41) is 0. The van der Waals surface area contributed by atoms with Gasteiger partial charge in [0.05, 0.1) is 6.20 Å². The molecule has 4 nitrogen and oxygen atoms in total. The second kappa shape index (κ2) is 5.62. The van der Waals surface area contributed by atoms with Crippen molar-refractivity contribution < 1.29 is 0 Å². The summed E-state index contributed by atoms with van der Waals surface area (Å²) >= 11 is 2.25. The fourth-order valence-electron chi connectivity index (χ4n) is 1.96. The molecule has 0 saturated heterocycles. The average Bonchev–Trinajstić information content (AvgIpc) is 3.05. The van der Waals surface area contributed by atoms with Gasteiger partial charge < -0.3 is 4.40 Å². The highest BCUT2D eigenvalue weighted by atomic mass is 127. The highest BCUT2D eigenvalue weighted by molar-refractivity contribution is 14.1. The van der Waals surface area contributed by atoms with Gasteiger partial charge in [-0.2, -0.15) is 0 Å². The SMILES string of the molecule is Cc1cnc2ccccn12.Ic1cnc2ccccn12. The summed E-state index contributed by atoms with van der Waals surface area (Å²) < 4.78 is 5.24. The highest BCUT2D eigenvalue weighted by Crippen LogP contribution is 2.07. The van der Waals surface area contributed by atoms with Gasteiger partial charge in [0.25, 0.3) is 0 Å². The summed E-state index contributed by atoms with van der Waals surface area (Å²) in [7, 11) is 0. The number of halogens is 1. The first kappa shape index (κ1) is 13.1. The van der Waals surface area contributed by atoms with Gasteiger partial charge in [0, 0.05) is 24.3 Å². The predicted octanol–water partition coefficient (Wildman–Crippen LogP) is 3.58. The molecular weight excluding hydrogens is 363 g/mol. The molecule has 0 spiro atoms. The molecule has 4 aromatic rings. The lowest BCUT2D eigenvalue weighted by molar-refractivity contribution is 1.11. The van der Waals surface area contributed by atoms with Crippen molar-refractivity contribution in [2.45, 2.75) is 6.92 Å². The quantitative estimate of drug-likeness (QED) is 0.440. The van der Waals surface area contributed by atoms with E-state index in [4.69, 9.17) is 0 Å². The van der Waals surface area contributed by atoms with E-state index in [9.17, 15) is 0 Å². The van der Waals surface area contributed by atoms with E-state index in [1.54, 1.807) is 0 Å². The van der Waals surface area contributed by atoms with E-state index >= 15 is 0 Å². The lowest BCUT2D eigenvalue weighted by atomic mass is 10.4. The molecule has 4 heterocycles. The zero-order valence-electron chi connectivity index (χ0n) is 10.9. The highest BCUT2D eigenvalue weighted by Gasteiger charge is 1.95. The van der Waals surface area contributed by atoms with Crippen molar-refractivity contribution in [2.24, 2.45) is 0 Å². The van der Waals surface area contributed by atoms with Crippen LogP contribution in [-0.4, -0.2) is 18.8 Å². The molecule has 0 bridgehead atoms. The Labute approximate surface area is 130 Å². The summed E-state index contributed by atoms with van der Waals surface area (Å²) in [6.45, 7) is 2.04. The normalized spacial score (nSPS) is 10.5. The standard InChI is InChI=1S/C8H8N2.C7H5IN2/c1-7-6-9-8-4-2-3-5-10(7)8;8-6-5-9-7-3-1-2-4-10(6)7/h2-6H,1H3;1-5H. The fraction of sp³-hybridized carbons (Fsp3) is 0.0667. The van der Waals surface area contributed by atoms with Crippen molar-refractivity contribution in [3.8, 4) is 0 Å². The second-order valence-corrected chi connectivity index (χ2v) is 5.44. The molecule has 0 saturated carbocycles. The van der Waals surface area contributed by atoms with E-state index in [1.165, 1.54) is 5.69 Å². The number of hydrogen-bond donors (Lipinski definition) is 0. The average molecular weight is 376 g/mol. The van der Waals surface area contributed by atoms with Crippen molar-refractivity contribution in [2.75, 3.05) is 0 Å². The van der Waals surface area contributed by atoms with Crippen LogP contribution in [0, 0.1) is 10.6 Å². The van der Waals surface area contributed by atoms with Gasteiger partial charge in [-0.05, 0) is 53.8 Å². The molecule has 0 amide bonds. The zero-order chi connectivity index (χ0) is 13.9. The zero-order valence-corrected chi connectivity index (χ0v) is 13.1. The summed E-state index contributed by atoms with van der Waals surface area (Å²) in [5.74, 6) is 0. The van der Waals surface area contributed by atoms with Gasteiger partial charge in [0.15, 0.2) is 0 Å². The first-order valence-electron chi connectivity index (χ1n) is 6.22. The van der Waals surface area contributed by atoms with Crippen LogP contribution < -0.4 is 0 Å². The van der Waals surface area contributed by atoms with Gasteiger partial charge in [-0.1, -0.05) is 12.1 Å². The second-order valence-electron chi connectivity index (χ2n) is 4.34. The van der Waals surface area contributed by atoms with Crippen LogP contribution in [0.5, 0.6) is 0 Å². The van der Waals surface area contributed by atoms with E-state index < -0.39 is 0 Å². The Kier molecular flexibility index (Phi) is 3.68. The molecule has 0 fully saturated rings. The fourth-order valence-corrected chi connectivity index (χ4v) is 2.51. The summed E-state index contributed by atoms with van der Waals surface area (Å²) in [6.07, 6.45) is 7.74. The number of imidazole rings is 2. The lowest BCUT2D eigenvalue weighted by Gasteiger charge is -1.91. The molecule has 5 heteroatoms. The van der Waals surface area contributed by atoms with Gasteiger partial charge in [0.2, 0.25) is 0 Å². The molecule has 0 atom stereocenters. The minimum absolute atomic E-state index is 1.01. The summed E-state index contributed by atoms with van der Waals surface area (Å²) in [5.41, 5.74) is 3.20. The Hall–Kier alpha value is -1.89. The van der Waals surface area contributed by atoms with Crippen molar-refractivity contribution in [1.29, 1.82) is 0 Å². The smallest absolute Gasteiger partial charge is 0.137 e. The largest absolute Gasteiger partial charge is 0.304 e. The minimum Gasteiger partial charge on any atom is -0.304 e. The van der Waals surface area contributed by atoms with Crippen molar-refractivity contribution in [3.63, 3.8) is 0 Å². The van der Waals surface area contributed by atoms with Crippen LogP contribution in [-0.2, 0) is 0 Å². The van der Waals surface area contributed by atoms with Crippen LogP contribution in [0.15, 0.2) is 61.2 Å². The molecule has 0 unspecified atom stereocenters. The Bertz CT molecular complexity index is 775. The van der Waals surface area contributed by atoms with Gasteiger partial charge in [-0.25, -0.2) is 9.97 Å². The first-order valence-corrected chi connectivity index (χ1v) is 7.30. The van der Waals surface area contributed by atoms with Crippen molar-refractivity contribution in [1.82, 2.24) is 18.8 Å². The van der Waals surface area contributed by atoms with Gasteiger partial charge in [-0.3, -0.25) is 4.40 Å². The molecule has 4 aromatic heterocycles. The molecule has 0 radical (unpaired) electrons. The third-order valence-electron chi connectivity index (χ3n) is 2.97. The monoisotopic (exact) mass is 376 g/mol. The number of pyridine rings is 2. The Balaban J connectivity index is 0.000000121. The number of aryl methyl sites for hydroxylation is 1. The molecule has 100 valence electrons. The Morgan fingerprint density at radius 2 is 1.45 bits per heavy atom. The van der Waals surface area contributed by atoms with Crippen LogP contribution in [0.2, 0.25) is 0 Å². The third-order valence-corrected chi connectivity index (χ3v) is 3.77. The van der Waals surface area contributed by atoms with E-state index in [1.807, 2.05) is 72.5 Å². The van der Waals surface area contributed by atoms with Crippen LogP contribution in [0.4, 0.5) is 0 Å². The van der Waals surface area contributed by atoms with Gasteiger partial charge in [0.1, 0.15) is 15.0 Å². The maximum Gasteiger partial charge on any atom is 0.137 e. The Morgan fingerprint density at radius 1 is 0.850 bits per heavy atom. The number of aromatic nitrogens is 4. The van der Waals surface area contributed by atoms with Crippen LogP contribution in [0.1, 0.15) is 5.69 Å². The molecule has 20 heavy (non-hydrogen) atoms. The van der Waals surface area contributed by atoms with Gasteiger partial charge >= 0.3 is 0 Å². The van der Waals surface area contributed by atoms with E-state index in [2.05, 4.69) is 37.0 Å². The Morgan fingerprint density at radius 3 is 2.10 bits per heavy atom. The number of fused-ring (bicyclic) bond motifs is 2. The van der Waals surface area contributed by atoms with Crippen LogP contribution in [0.3, 0.4) is 0 Å². The van der Waals surface area contributed by atoms with E-state index in [-0.39, 0.29) is 0 Å². The molecule has 0 aromatic carbocycles. The van der Waals surface area contributed by atoms with Crippen LogP contribution in [0.25, 0.3) is 11.3 Å². The maximum absolute atomic E-state index is 4.18. The third kappa shape index (κ3) is 2.53. The number of nitrogens with zero attached hydrogens (tertiary/aromatic N) is 4.